The summed E-state index contributed by atoms with van der Waals surface area (Å²) in [5.74, 6) is 1.40. The van der Waals surface area contributed by atoms with Crippen LogP contribution >= 0.6 is 11.6 Å². The molecule has 0 aliphatic carbocycles. The number of anilines is 2. The molecule has 8 nitrogen and oxygen atoms in total. The second-order valence-electron chi connectivity index (χ2n) is 7.54. The van der Waals surface area contributed by atoms with Gasteiger partial charge >= 0.3 is 0 Å². The van der Waals surface area contributed by atoms with Gasteiger partial charge in [0.25, 0.3) is 5.91 Å². The average Bonchev–Trinajstić information content (AvgIpc) is 3.25. The Morgan fingerprint density at radius 1 is 1.13 bits per heavy atom. The van der Waals surface area contributed by atoms with E-state index in [2.05, 4.69) is 25.2 Å². The van der Waals surface area contributed by atoms with Crippen LogP contribution < -0.4 is 10.2 Å². The molecule has 2 aliphatic heterocycles. The number of aromatic nitrogens is 4. The number of hydrogen-bond donors (Lipinski definition) is 1. The van der Waals surface area contributed by atoms with E-state index in [4.69, 9.17) is 16.3 Å². The molecule has 1 saturated heterocycles. The van der Waals surface area contributed by atoms with Gasteiger partial charge in [0.15, 0.2) is 6.10 Å². The third kappa shape index (κ3) is 3.53. The predicted octanol–water partition coefficient (Wildman–Crippen LogP) is 2.86. The monoisotopic (exact) mass is 424 g/mol. The first kappa shape index (κ1) is 19.0. The molecular weight excluding hydrogens is 404 g/mol. The summed E-state index contributed by atoms with van der Waals surface area (Å²) < 4.78 is 8.48. The molecule has 1 unspecified atom stereocenters. The SMILES string of the molecule is O=C(Nc1cccc(Cl)c1)C1Cn2ccnc2C2(CCN(c3ncccn3)CC2)O1. The van der Waals surface area contributed by atoms with Crippen LogP contribution in [0.1, 0.15) is 18.7 Å². The topological polar surface area (TPSA) is 85.2 Å². The van der Waals surface area contributed by atoms with E-state index in [-0.39, 0.29) is 5.91 Å². The van der Waals surface area contributed by atoms with Crippen molar-refractivity contribution >= 4 is 29.1 Å². The molecule has 1 atom stereocenters. The molecule has 1 aromatic carbocycles. The molecule has 30 heavy (non-hydrogen) atoms. The fraction of sp³-hybridized carbons (Fsp3) is 0.333. The van der Waals surface area contributed by atoms with Crippen LogP contribution in [-0.2, 0) is 21.7 Å². The Morgan fingerprint density at radius 2 is 1.93 bits per heavy atom. The van der Waals surface area contributed by atoms with E-state index in [1.165, 1.54) is 0 Å². The minimum atomic E-state index is -0.620. The van der Waals surface area contributed by atoms with E-state index in [0.29, 0.717) is 36.0 Å². The first-order chi connectivity index (χ1) is 14.6. The first-order valence-electron chi connectivity index (χ1n) is 9.91. The number of halogens is 1. The fourth-order valence-electron chi connectivity index (χ4n) is 4.19. The number of ether oxygens (including phenoxy) is 1. The normalized spacial score (nSPS) is 20.0. The van der Waals surface area contributed by atoms with Crippen molar-refractivity contribution in [3.8, 4) is 0 Å². The minimum Gasteiger partial charge on any atom is -0.352 e. The van der Waals surface area contributed by atoms with Crippen molar-refractivity contribution in [3.05, 3.63) is 66.0 Å². The van der Waals surface area contributed by atoms with E-state index in [0.717, 1.165) is 18.9 Å². The average molecular weight is 425 g/mol. The van der Waals surface area contributed by atoms with Crippen molar-refractivity contribution in [2.75, 3.05) is 23.3 Å². The lowest BCUT2D eigenvalue weighted by Crippen LogP contribution is -2.53. The molecule has 154 valence electrons. The number of amides is 1. The van der Waals surface area contributed by atoms with Crippen LogP contribution in [0.3, 0.4) is 0 Å². The number of nitrogens with one attached hydrogen (secondary N) is 1. The van der Waals surface area contributed by atoms with E-state index in [1.54, 1.807) is 42.9 Å². The maximum absolute atomic E-state index is 13.0. The summed E-state index contributed by atoms with van der Waals surface area (Å²) >= 11 is 6.04. The fourth-order valence-corrected chi connectivity index (χ4v) is 4.38. The van der Waals surface area contributed by atoms with Gasteiger partial charge in [0, 0.05) is 61.4 Å². The second-order valence-corrected chi connectivity index (χ2v) is 7.98. The number of benzene rings is 1. The Balaban J connectivity index is 1.35. The zero-order valence-electron chi connectivity index (χ0n) is 16.2. The van der Waals surface area contributed by atoms with Crippen molar-refractivity contribution < 1.29 is 9.53 Å². The maximum Gasteiger partial charge on any atom is 0.255 e. The highest BCUT2D eigenvalue weighted by atomic mass is 35.5. The summed E-state index contributed by atoms with van der Waals surface area (Å²) in [7, 11) is 0. The molecule has 1 fully saturated rings. The van der Waals surface area contributed by atoms with Crippen LogP contribution in [0.4, 0.5) is 11.6 Å². The lowest BCUT2D eigenvalue weighted by atomic mass is 9.88. The van der Waals surface area contributed by atoms with E-state index >= 15 is 0 Å². The van der Waals surface area contributed by atoms with Crippen molar-refractivity contribution in [2.24, 2.45) is 0 Å². The second kappa shape index (κ2) is 7.70. The number of carbonyl (C=O) groups is 1. The summed E-state index contributed by atoms with van der Waals surface area (Å²) in [6.45, 7) is 1.87. The largest absolute Gasteiger partial charge is 0.352 e. The van der Waals surface area contributed by atoms with Gasteiger partial charge in [-0.1, -0.05) is 17.7 Å². The number of fused-ring (bicyclic) bond motifs is 2. The smallest absolute Gasteiger partial charge is 0.255 e. The highest BCUT2D eigenvalue weighted by Gasteiger charge is 2.47. The van der Waals surface area contributed by atoms with Crippen LogP contribution in [0, 0.1) is 0 Å². The van der Waals surface area contributed by atoms with E-state index in [9.17, 15) is 4.79 Å². The van der Waals surface area contributed by atoms with Gasteiger partial charge in [0.1, 0.15) is 11.4 Å². The molecule has 0 saturated carbocycles. The van der Waals surface area contributed by atoms with Crippen LogP contribution in [0.15, 0.2) is 55.1 Å². The van der Waals surface area contributed by atoms with Crippen LogP contribution in [-0.4, -0.2) is 44.6 Å². The van der Waals surface area contributed by atoms with Crippen molar-refractivity contribution in [2.45, 2.75) is 31.1 Å². The van der Waals surface area contributed by atoms with E-state index in [1.807, 2.05) is 16.8 Å². The third-order valence-electron chi connectivity index (χ3n) is 5.64. The zero-order valence-corrected chi connectivity index (χ0v) is 17.0. The van der Waals surface area contributed by atoms with Crippen molar-refractivity contribution in [3.63, 3.8) is 0 Å². The molecule has 2 aromatic heterocycles. The van der Waals surface area contributed by atoms with Crippen LogP contribution in [0.25, 0.3) is 0 Å². The molecule has 3 aromatic rings. The van der Waals surface area contributed by atoms with Gasteiger partial charge in [-0.15, -0.1) is 0 Å². The summed E-state index contributed by atoms with van der Waals surface area (Å²) in [5.41, 5.74) is 0.0428. The van der Waals surface area contributed by atoms with Gasteiger partial charge in [0.2, 0.25) is 5.95 Å². The number of rotatable bonds is 3. The van der Waals surface area contributed by atoms with Crippen LogP contribution in [0.2, 0.25) is 5.02 Å². The molecule has 4 heterocycles. The van der Waals surface area contributed by atoms with E-state index < -0.39 is 11.7 Å². The number of carbonyl (C=O) groups excluding carboxylic acids is 1. The van der Waals surface area contributed by atoms with Crippen LogP contribution in [0.5, 0.6) is 0 Å². The van der Waals surface area contributed by atoms with Crippen molar-refractivity contribution in [1.29, 1.82) is 0 Å². The van der Waals surface area contributed by atoms with Gasteiger partial charge in [-0.25, -0.2) is 15.0 Å². The highest BCUT2D eigenvalue weighted by Crippen LogP contribution is 2.40. The Labute approximate surface area is 178 Å². The minimum absolute atomic E-state index is 0.190. The molecule has 1 N–H and O–H groups in total. The highest BCUT2D eigenvalue weighted by molar-refractivity contribution is 6.30. The quantitative estimate of drug-likeness (QED) is 0.695. The molecule has 1 amide bonds. The Bertz CT molecular complexity index is 1050. The maximum atomic E-state index is 13.0. The van der Waals surface area contributed by atoms with Gasteiger partial charge in [-0.05, 0) is 24.3 Å². The third-order valence-corrected chi connectivity index (χ3v) is 5.88. The van der Waals surface area contributed by atoms with Gasteiger partial charge in [-0.3, -0.25) is 4.79 Å². The Kier molecular flexibility index (Phi) is 4.88. The summed E-state index contributed by atoms with van der Waals surface area (Å²) in [5, 5.41) is 3.49. The predicted molar refractivity (Wildman–Crippen MR) is 112 cm³/mol. The molecule has 5 rings (SSSR count). The number of hydrogen-bond acceptors (Lipinski definition) is 6. The van der Waals surface area contributed by atoms with Gasteiger partial charge in [-0.2, -0.15) is 0 Å². The Morgan fingerprint density at radius 3 is 2.70 bits per heavy atom. The summed E-state index contributed by atoms with van der Waals surface area (Å²) in [6, 6.07) is 8.91. The molecular formula is C21H21ClN6O2. The molecule has 1 spiro atoms. The molecule has 0 radical (unpaired) electrons. The molecule has 9 heteroatoms. The molecule has 2 aliphatic rings. The zero-order chi connectivity index (χ0) is 20.6. The summed E-state index contributed by atoms with van der Waals surface area (Å²) in [4.78, 5) is 28.4. The van der Waals surface area contributed by atoms with Gasteiger partial charge in [0.05, 0.1) is 6.54 Å². The molecule has 0 bridgehead atoms. The number of nitrogens with zero attached hydrogens (tertiary/aromatic N) is 5. The summed E-state index contributed by atoms with van der Waals surface area (Å²) in [6.07, 6.45) is 7.94. The number of imidazole rings is 1. The lowest BCUT2D eigenvalue weighted by molar-refractivity contribution is -0.162. The Hall–Kier alpha value is -2.97. The number of piperidine rings is 1. The standard InChI is InChI=1S/C21H21ClN6O2/c22-15-3-1-4-16(13-15)26-18(29)17-14-28-12-9-23-19(28)21(30-17)5-10-27(11-6-21)20-24-7-2-8-25-20/h1-4,7-9,12-13,17H,5-6,10-11,14H2,(H,26,29). The van der Waals surface area contributed by atoms with Gasteiger partial charge < -0.3 is 19.5 Å². The lowest BCUT2D eigenvalue weighted by Gasteiger charge is -2.45. The van der Waals surface area contributed by atoms with Crippen molar-refractivity contribution in [1.82, 2.24) is 19.5 Å². The first-order valence-corrected chi connectivity index (χ1v) is 10.3.